The lowest BCUT2D eigenvalue weighted by atomic mass is 10.1. The molecule has 0 bridgehead atoms. The number of nitro benzene ring substituents is 1. The van der Waals surface area contributed by atoms with Crippen LogP contribution in [0.5, 0.6) is 5.75 Å². The van der Waals surface area contributed by atoms with Crippen LogP contribution in [0.1, 0.15) is 18.1 Å². The molecule has 25 heavy (non-hydrogen) atoms. The quantitative estimate of drug-likeness (QED) is 0.484. The molecule has 0 fully saturated rings. The largest absolute Gasteiger partial charge is 0.484 e. The molecule has 0 saturated carbocycles. The molecule has 0 aromatic heterocycles. The predicted octanol–water partition coefficient (Wildman–Crippen LogP) is 3.48. The smallest absolute Gasteiger partial charge is 0.277 e. The molecule has 2 aromatic carbocycles. The van der Waals surface area contributed by atoms with Gasteiger partial charge in [-0.15, -0.1) is 0 Å². The van der Waals surface area contributed by atoms with Crippen LogP contribution in [0.25, 0.3) is 0 Å². The van der Waals surface area contributed by atoms with E-state index in [1.165, 1.54) is 12.1 Å². The summed E-state index contributed by atoms with van der Waals surface area (Å²) < 4.78 is 5.37. The van der Waals surface area contributed by atoms with Crippen LogP contribution in [-0.4, -0.2) is 23.1 Å². The van der Waals surface area contributed by atoms with E-state index in [4.69, 9.17) is 16.3 Å². The number of nitro groups is 1. The third kappa shape index (κ3) is 5.29. The lowest BCUT2D eigenvalue weighted by molar-refractivity contribution is -0.384. The number of nitrogens with zero attached hydrogens (tertiary/aromatic N) is 2. The van der Waals surface area contributed by atoms with Crippen molar-refractivity contribution >= 4 is 28.9 Å². The lowest BCUT2D eigenvalue weighted by Gasteiger charge is -2.07. The molecule has 0 spiro atoms. The average Bonchev–Trinajstić information content (AvgIpc) is 2.60. The normalized spacial score (nSPS) is 11.1. The summed E-state index contributed by atoms with van der Waals surface area (Å²) in [6, 6.07) is 11.0. The van der Waals surface area contributed by atoms with Gasteiger partial charge < -0.3 is 4.74 Å². The summed E-state index contributed by atoms with van der Waals surface area (Å²) in [5.41, 5.74) is 4.41. The highest BCUT2D eigenvalue weighted by Crippen LogP contribution is 2.20. The summed E-state index contributed by atoms with van der Waals surface area (Å²) in [4.78, 5) is 21.9. The standard InChI is InChI=1S/C17H16ClN3O4/c1-11-9-15(7-8-16(11)18)25-10-17(22)20-19-12(2)13-3-5-14(6-4-13)21(23)24/h3-9H,10H2,1-2H3,(H,20,22)/b19-12+. The molecule has 130 valence electrons. The van der Waals surface area contributed by atoms with Crippen molar-refractivity contribution in [3.63, 3.8) is 0 Å². The topological polar surface area (TPSA) is 93.8 Å². The number of nitrogens with one attached hydrogen (secondary N) is 1. The van der Waals surface area contributed by atoms with Crippen LogP contribution in [0.2, 0.25) is 5.02 Å². The molecule has 0 unspecified atom stereocenters. The van der Waals surface area contributed by atoms with Gasteiger partial charge in [0.2, 0.25) is 0 Å². The fraction of sp³-hybridized carbons (Fsp3) is 0.176. The third-order valence-corrected chi connectivity index (χ3v) is 3.77. The first-order valence-electron chi connectivity index (χ1n) is 7.33. The van der Waals surface area contributed by atoms with E-state index in [1.807, 2.05) is 6.92 Å². The Morgan fingerprint density at radius 1 is 1.28 bits per heavy atom. The Morgan fingerprint density at radius 2 is 1.96 bits per heavy atom. The summed E-state index contributed by atoms with van der Waals surface area (Å²) in [6.07, 6.45) is 0. The second kappa shape index (κ2) is 8.25. The van der Waals surface area contributed by atoms with Crippen molar-refractivity contribution in [3.8, 4) is 5.75 Å². The summed E-state index contributed by atoms with van der Waals surface area (Å²) >= 11 is 5.92. The van der Waals surface area contributed by atoms with Crippen LogP contribution in [0.3, 0.4) is 0 Å². The second-order valence-corrected chi connectivity index (χ2v) is 5.64. The van der Waals surface area contributed by atoms with E-state index < -0.39 is 10.8 Å². The zero-order chi connectivity index (χ0) is 18.4. The van der Waals surface area contributed by atoms with Crippen LogP contribution >= 0.6 is 11.6 Å². The first-order chi connectivity index (χ1) is 11.9. The number of hydrogen-bond donors (Lipinski definition) is 1. The number of rotatable bonds is 6. The minimum absolute atomic E-state index is 0.00718. The van der Waals surface area contributed by atoms with Gasteiger partial charge in [0.1, 0.15) is 5.75 Å². The van der Waals surface area contributed by atoms with Gasteiger partial charge in [-0.05, 0) is 55.3 Å². The van der Waals surface area contributed by atoms with E-state index in [0.717, 1.165) is 5.56 Å². The van der Waals surface area contributed by atoms with Gasteiger partial charge >= 0.3 is 0 Å². The van der Waals surface area contributed by atoms with Crippen molar-refractivity contribution < 1.29 is 14.5 Å². The number of amides is 1. The number of ether oxygens (including phenoxy) is 1. The molecule has 0 aliphatic heterocycles. The number of halogens is 1. The molecule has 0 radical (unpaired) electrons. The van der Waals surface area contributed by atoms with Crippen molar-refractivity contribution in [3.05, 3.63) is 68.7 Å². The van der Waals surface area contributed by atoms with Gasteiger partial charge in [0.05, 0.1) is 10.6 Å². The first-order valence-corrected chi connectivity index (χ1v) is 7.71. The van der Waals surface area contributed by atoms with E-state index in [2.05, 4.69) is 10.5 Å². The molecule has 1 amide bonds. The molecule has 7 nitrogen and oxygen atoms in total. The molecular weight excluding hydrogens is 346 g/mol. The fourth-order valence-electron chi connectivity index (χ4n) is 1.92. The van der Waals surface area contributed by atoms with E-state index >= 15 is 0 Å². The van der Waals surface area contributed by atoms with Crippen molar-refractivity contribution in [2.45, 2.75) is 13.8 Å². The lowest BCUT2D eigenvalue weighted by Crippen LogP contribution is -2.25. The highest BCUT2D eigenvalue weighted by atomic mass is 35.5. The van der Waals surface area contributed by atoms with Crippen LogP contribution in [-0.2, 0) is 4.79 Å². The van der Waals surface area contributed by atoms with E-state index in [1.54, 1.807) is 37.3 Å². The Bertz CT molecular complexity index is 819. The highest BCUT2D eigenvalue weighted by molar-refractivity contribution is 6.31. The molecule has 0 heterocycles. The molecule has 2 aromatic rings. The maximum Gasteiger partial charge on any atom is 0.277 e. The average molecular weight is 362 g/mol. The number of hydrazone groups is 1. The van der Waals surface area contributed by atoms with Gasteiger partial charge in [0.15, 0.2) is 6.61 Å². The van der Waals surface area contributed by atoms with Crippen LogP contribution in [0.4, 0.5) is 5.69 Å². The SMILES string of the molecule is C/C(=N\NC(=O)COc1ccc(Cl)c(C)c1)c1ccc([N+](=O)[O-])cc1. The summed E-state index contributed by atoms with van der Waals surface area (Å²) in [5, 5.41) is 15.2. The van der Waals surface area contributed by atoms with Gasteiger partial charge in [0.25, 0.3) is 11.6 Å². The molecule has 2 rings (SSSR count). The van der Waals surface area contributed by atoms with Gasteiger partial charge in [-0.25, -0.2) is 5.43 Å². The Morgan fingerprint density at radius 3 is 2.56 bits per heavy atom. The van der Waals surface area contributed by atoms with Crippen molar-refractivity contribution in [2.75, 3.05) is 6.61 Å². The predicted molar refractivity (Wildman–Crippen MR) is 95.1 cm³/mol. The van der Waals surface area contributed by atoms with Gasteiger partial charge in [-0.3, -0.25) is 14.9 Å². The Hall–Kier alpha value is -2.93. The monoisotopic (exact) mass is 361 g/mol. The zero-order valence-electron chi connectivity index (χ0n) is 13.7. The van der Waals surface area contributed by atoms with Crippen molar-refractivity contribution in [1.82, 2.24) is 5.43 Å². The number of non-ortho nitro benzene ring substituents is 1. The third-order valence-electron chi connectivity index (χ3n) is 3.34. The maximum absolute atomic E-state index is 11.8. The Labute approximate surface area is 149 Å². The van der Waals surface area contributed by atoms with Crippen molar-refractivity contribution in [1.29, 1.82) is 0 Å². The van der Waals surface area contributed by atoms with Gasteiger partial charge in [-0.1, -0.05) is 11.6 Å². The van der Waals surface area contributed by atoms with Gasteiger partial charge in [-0.2, -0.15) is 5.10 Å². The Kier molecular flexibility index (Phi) is 6.08. The van der Waals surface area contributed by atoms with E-state index in [0.29, 0.717) is 22.0 Å². The minimum Gasteiger partial charge on any atom is -0.484 e. The van der Waals surface area contributed by atoms with Crippen LogP contribution < -0.4 is 10.2 Å². The van der Waals surface area contributed by atoms with Crippen LogP contribution in [0.15, 0.2) is 47.6 Å². The molecule has 0 saturated heterocycles. The number of carbonyl (C=O) groups is 1. The molecule has 0 aliphatic carbocycles. The van der Waals surface area contributed by atoms with Gasteiger partial charge in [0, 0.05) is 17.2 Å². The summed E-state index contributed by atoms with van der Waals surface area (Å²) in [6.45, 7) is 3.33. The highest BCUT2D eigenvalue weighted by Gasteiger charge is 2.07. The molecular formula is C17H16ClN3O4. The zero-order valence-corrected chi connectivity index (χ0v) is 14.4. The summed E-state index contributed by atoms with van der Waals surface area (Å²) in [7, 11) is 0. The molecule has 0 aliphatic rings. The minimum atomic E-state index is -0.478. The number of hydrogen-bond acceptors (Lipinski definition) is 5. The molecule has 0 atom stereocenters. The molecule has 8 heteroatoms. The van der Waals surface area contributed by atoms with Crippen LogP contribution in [0, 0.1) is 17.0 Å². The van der Waals surface area contributed by atoms with Crippen molar-refractivity contribution in [2.24, 2.45) is 5.10 Å². The fourth-order valence-corrected chi connectivity index (χ4v) is 2.04. The number of aryl methyl sites for hydroxylation is 1. The summed E-state index contributed by atoms with van der Waals surface area (Å²) in [5.74, 6) is 0.113. The number of benzene rings is 2. The first kappa shape index (κ1) is 18.4. The number of carbonyl (C=O) groups excluding carboxylic acids is 1. The van der Waals surface area contributed by atoms with E-state index in [-0.39, 0.29) is 12.3 Å². The second-order valence-electron chi connectivity index (χ2n) is 5.24. The van der Waals surface area contributed by atoms with E-state index in [9.17, 15) is 14.9 Å². The molecule has 1 N–H and O–H groups in total. The maximum atomic E-state index is 11.8. The Balaban J connectivity index is 1.90.